The lowest BCUT2D eigenvalue weighted by molar-refractivity contribution is -0.142. The average Bonchev–Trinajstić information content (AvgIpc) is 3.11. The number of halogens is 5. The standard InChI is InChI=1S/C20H11ClF4N4O/c21-12-2-1-3-14(8-12)26-19(30)16-10-18-27-15(11-4-6-13(22)7-5-11)9-17(20(23,24)25)29(18)28-16/h1-10H,(H,26,30). The molecule has 0 saturated carbocycles. The van der Waals surface area contributed by atoms with E-state index in [0.717, 1.165) is 24.3 Å². The molecule has 2 heterocycles. The number of aromatic nitrogens is 3. The molecule has 0 fully saturated rings. The molecule has 1 N–H and O–H groups in total. The first-order valence-corrected chi connectivity index (χ1v) is 8.89. The SMILES string of the molecule is O=C(Nc1cccc(Cl)c1)c1cc2nc(-c3ccc(F)cc3)cc(C(F)(F)F)n2n1. The first-order chi connectivity index (χ1) is 14.2. The molecule has 1 amide bonds. The van der Waals surface area contributed by atoms with E-state index in [1.807, 2.05) is 0 Å². The normalized spacial score (nSPS) is 11.6. The zero-order valence-electron chi connectivity index (χ0n) is 14.9. The van der Waals surface area contributed by atoms with Crippen molar-refractivity contribution < 1.29 is 22.4 Å². The highest BCUT2D eigenvalue weighted by Gasteiger charge is 2.35. The van der Waals surface area contributed by atoms with E-state index in [0.29, 0.717) is 15.2 Å². The maximum atomic E-state index is 13.6. The number of carbonyl (C=O) groups excluding carboxylic acids is 1. The van der Waals surface area contributed by atoms with Gasteiger partial charge in [-0.15, -0.1) is 0 Å². The smallest absolute Gasteiger partial charge is 0.321 e. The van der Waals surface area contributed by atoms with Crippen LogP contribution in [0.3, 0.4) is 0 Å². The van der Waals surface area contributed by atoms with Crippen LogP contribution < -0.4 is 5.32 Å². The number of anilines is 1. The molecule has 0 saturated heterocycles. The molecule has 30 heavy (non-hydrogen) atoms. The van der Waals surface area contributed by atoms with Gasteiger partial charge in [0.25, 0.3) is 5.91 Å². The number of hydrogen-bond acceptors (Lipinski definition) is 3. The molecule has 4 rings (SSSR count). The minimum absolute atomic E-state index is 0.0310. The molecule has 5 nitrogen and oxygen atoms in total. The Kier molecular flexibility index (Phi) is 4.90. The number of nitrogens with one attached hydrogen (secondary N) is 1. The zero-order chi connectivity index (χ0) is 21.5. The molecule has 0 aliphatic heterocycles. The molecule has 0 aliphatic carbocycles. The van der Waals surface area contributed by atoms with Crippen LogP contribution in [-0.4, -0.2) is 20.5 Å². The first-order valence-electron chi connectivity index (χ1n) is 8.51. The van der Waals surface area contributed by atoms with E-state index in [1.54, 1.807) is 18.2 Å². The van der Waals surface area contributed by atoms with Gasteiger partial charge in [0.1, 0.15) is 5.82 Å². The number of fused-ring (bicyclic) bond motifs is 1. The lowest BCUT2D eigenvalue weighted by Gasteiger charge is -2.11. The predicted octanol–water partition coefficient (Wildman–Crippen LogP) is 5.46. The van der Waals surface area contributed by atoms with Crippen LogP contribution in [0.15, 0.2) is 60.7 Å². The molecule has 2 aromatic heterocycles. The molecular formula is C20H11ClF4N4O. The third-order valence-corrected chi connectivity index (χ3v) is 4.41. The van der Waals surface area contributed by atoms with E-state index in [2.05, 4.69) is 15.4 Å². The predicted molar refractivity (Wildman–Crippen MR) is 103 cm³/mol. The Labute approximate surface area is 171 Å². The molecule has 0 spiro atoms. The fraction of sp³-hybridized carbons (Fsp3) is 0.0500. The summed E-state index contributed by atoms with van der Waals surface area (Å²) in [5, 5.41) is 6.68. The van der Waals surface area contributed by atoms with E-state index >= 15 is 0 Å². The van der Waals surface area contributed by atoms with E-state index < -0.39 is 23.6 Å². The van der Waals surface area contributed by atoms with Crippen LogP contribution in [0.5, 0.6) is 0 Å². The zero-order valence-corrected chi connectivity index (χ0v) is 15.7. The second-order valence-electron chi connectivity index (χ2n) is 6.30. The summed E-state index contributed by atoms with van der Waals surface area (Å²) in [5.74, 6) is -1.25. The Morgan fingerprint density at radius 2 is 1.77 bits per heavy atom. The van der Waals surface area contributed by atoms with Gasteiger partial charge < -0.3 is 5.32 Å². The van der Waals surface area contributed by atoms with Gasteiger partial charge >= 0.3 is 6.18 Å². The van der Waals surface area contributed by atoms with Gasteiger partial charge in [0, 0.05) is 22.3 Å². The van der Waals surface area contributed by atoms with Crippen molar-refractivity contribution in [2.24, 2.45) is 0 Å². The first kappa shape index (κ1) is 19.8. The topological polar surface area (TPSA) is 59.3 Å². The Bertz CT molecular complexity index is 1250. The van der Waals surface area contributed by atoms with Gasteiger partial charge in [-0.1, -0.05) is 17.7 Å². The van der Waals surface area contributed by atoms with Crippen LogP contribution in [0, 0.1) is 5.82 Å². The third kappa shape index (κ3) is 3.97. The van der Waals surface area contributed by atoms with Crippen LogP contribution in [0.2, 0.25) is 5.02 Å². The summed E-state index contributed by atoms with van der Waals surface area (Å²) < 4.78 is 54.6. The third-order valence-electron chi connectivity index (χ3n) is 4.17. The van der Waals surface area contributed by atoms with Crippen LogP contribution in [0.25, 0.3) is 16.9 Å². The van der Waals surface area contributed by atoms with Gasteiger partial charge in [0.05, 0.1) is 5.69 Å². The molecule has 10 heteroatoms. The van der Waals surface area contributed by atoms with Crippen molar-refractivity contribution in [1.29, 1.82) is 0 Å². The summed E-state index contributed by atoms with van der Waals surface area (Å²) in [6.45, 7) is 0. The fourth-order valence-electron chi connectivity index (χ4n) is 2.82. The lowest BCUT2D eigenvalue weighted by atomic mass is 10.1. The van der Waals surface area contributed by atoms with Crippen molar-refractivity contribution in [2.75, 3.05) is 5.32 Å². The van der Waals surface area contributed by atoms with E-state index in [4.69, 9.17) is 11.6 Å². The second kappa shape index (κ2) is 7.42. The average molecular weight is 435 g/mol. The Morgan fingerprint density at radius 3 is 2.43 bits per heavy atom. The molecule has 0 bridgehead atoms. The van der Waals surface area contributed by atoms with Gasteiger partial charge in [-0.05, 0) is 48.5 Å². The van der Waals surface area contributed by atoms with Crippen molar-refractivity contribution in [3.8, 4) is 11.3 Å². The molecule has 0 unspecified atom stereocenters. The highest BCUT2D eigenvalue weighted by atomic mass is 35.5. The molecule has 0 radical (unpaired) electrons. The largest absolute Gasteiger partial charge is 0.433 e. The van der Waals surface area contributed by atoms with Crippen molar-refractivity contribution >= 4 is 28.8 Å². The Hall–Kier alpha value is -3.46. The summed E-state index contributed by atoms with van der Waals surface area (Å²) >= 11 is 5.87. The van der Waals surface area contributed by atoms with E-state index in [1.165, 1.54) is 18.2 Å². The quantitative estimate of drug-likeness (QED) is 0.436. The van der Waals surface area contributed by atoms with Crippen LogP contribution >= 0.6 is 11.6 Å². The lowest BCUT2D eigenvalue weighted by Crippen LogP contribution is -2.15. The van der Waals surface area contributed by atoms with Crippen LogP contribution in [0.1, 0.15) is 16.2 Å². The minimum atomic E-state index is -4.76. The maximum absolute atomic E-state index is 13.6. The number of benzene rings is 2. The number of amides is 1. The number of nitrogens with zero attached hydrogens (tertiary/aromatic N) is 3. The molecule has 2 aromatic carbocycles. The summed E-state index contributed by atoms with van der Waals surface area (Å²) in [5.41, 5.74) is -0.939. The monoisotopic (exact) mass is 434 g/mol. The number of carbonyl (C=O) groups is 1. The van der Waals surface area contributed by atoms with Crippen LogP contribution in [0.4, 0.5) is 23.2 Å². The van der Waals surface area contributed by atoms with Gasteiger partial charge in [-0.25, -0.2) is 13.9 Å². The maximum Gasteiger partial charge on any atom is 0.433 e. The number of alkyl halides is 3. The Balaban J connectivity index is 1.78. The van der Waals surface area contributed by atoms with Gasteiger partial charge in [0.2, 0.25) is 0 Å². The molecule has 0 aliphatic rings. The Morgan fingerprint density at radius 1 is 1.03 bits per heavy atom. The number of rotatable bonds is 3. The van der Waals surface area contributed by atoms with Crippen LogP contribution in [-0.2, 0) is 6.18 Å². The van der Waals surface area contributed by atoms with Gasteiger partial charge in [0.15, 0.2) is 17.0 Å². The fourth-order valence-corrected chi connectivity index (χ4v) is 3.01. The summed E-state index contributed by atoms with van der Waals surface area (Å²) in [4.78, 5) is 16.6. The molecule has 0 atom stereocenters. The molecule has 4 aromatic rings. The van der Waals surface area contributed by atoms with Crippen molar-refractivity contribution in [1.82, 2.24) is 14.6 Å². The summed E-state index contributed by atoms with van der Waals surface area (Å²) in [6.07, 6.45) is -4.76. The van der Waals surface area contributed by atoms with Gasteiger partial charge in [-0.2, -0.15) is 18.3 Å². The highest BCUT2D eigenvalue weighted by Crippen LogP contribution is 2.32. The van der Waals surface area contributed by atoms with Crippen molar-refractivity contribution in [3.05, 3.63) is 82.9 Å². The highest BCUT2D eigenvalue weighted by molar-refractivity contribution is 6.30. The van der Waals surface area contributed by atoms with Gasteiger partial charge in [-0.3, -0.25) is 4.79 Å². The minimum Gasteiger partial charge on any atom is -0.321 e. The summed E-state index contributed by atoms with van der Waals surface area (Å²) in [6, 6.07) is 13.1. The molecular weight excluding hydrogens is 424 g/mol. The number of hydrogen-bond donors (Lipinski definition) is 1. The van der Waals surface area contributed by atoms with Crippen molar-refractivity contribution in [3.63, 3.8) is 0 Å². The summed E-state index contributed by atoms with van der Waals surface area (Å²) in [7, 11) is 0. The second-order valence-corrected chi connectivity index (χ2v) is 6.73. The van der Waals surface area contributed by atoms with E-state index in [9.17, 15) is 22.4 Å². The van der Waals surface area contributed by atoms with Crippen molar-refractivity contribution in [2.45, 2.75) is 6.18 Å². The van der Waals surface area contributed by atoms with E-state index in [-0.39, 0.29) is 22.6 Å². The molecule has 152 valence electrons.